The number of urea groups is 1. The number of nitrogens with zero attached hydrogens (tertiary/aromatic N) is 1. The lowest BCUT2D eigenvalue weighted by atomic mass is 10.1. The van der Waals surface area contributed by atoms with Gasteiger partial charge in [-0.2, -0.15) is 0 Å². The zero-order valence-electron chi connectivity index (χ0n) is 15.2. The normalized spacial score (nSPS) is 16.4. The molecule has 2 rings (SSSR count). The first-order valence-corrected chi connectivity index (χ1v) is 8.83. The Labute approximate surface area is 161 Å². The third-order valence-corrected chi connectivity index (χ3v) is 4.07. The molecule has 1 aromatic rings. The van der Waals surface area contributed by atoms with Gasteiger partial charge in [-0.1, -0.05) is 18.5 Å². The fraction of sp³-hybridized carbons (Fsp3) is 0.389. The molecule has 0 aliphatic carbocycles. The van der Waals surface area contributed by atoms with Crippen molar-refractivity contribution in [2.24, 2.45) is 0 Å². The van der Waals surface area contributed by atoms with Crippen LogP contribution in [0.2, 0.25) is 5.02 Å². The fourth-order valence-corrected chi connectivity index (χ4v) is 2.61. The first kappa shape index (κ1) is 20.6. The summed E-state index contributed by atoms with van der Waals surface area (Å²) in [5, 5.41) is 11.5. The lowest BCUT2D eigenvalue weighted by Crippen LogP contribution is -2.35. The minimum Gasteiger partial charge on any atom is -0.490 e. The molecule has 146 valence electrons. The lowest BCUT2D eigenvalue weighted by molar-refractivity contribution is -0.140. The molecule has 0 spiro atoms. The molecule has 1 atom stereocenters. The average molecular weight is 397 g/mol. The SMILES string of the molecule is CCOc1cc(/C=C2/NC(=O)N(CC(=O)O)C2=O)cc(Cl)c1O[C@@H](C)CC. The maximum absolute atomic E-state index is 12.2. The molecule has 0 bridgehead atoms. The molecule has 1 heterocycles. The quantitative estimate of drug-likeness (QED) is 0.517. The van der Waals surface area contributed by atoms with Gasteiger partial charge in [0, 0.05) is 0 Å². The van der Waals surface area contributed by atoms with Crippen molar-refractivity contribution in [2.75, 3.05) is 13.2 Å². The van der Waals surface area contributed by atoms with Gasteiger partial charge in [0.05, 0.1) is 17.7 Å². The van der Waals surface area contributed by atoms with Crippen LogP contribution in [0.4, 0.5) is 4.79 Å². The van der Waals surface area contributed by atoms with Crippen molar-refractivity contribution in [1.82, 2.24) is 10.2 Å². The number of imide groups is 1. The van der Waals surface area contributed by atoms with Crippen molar-refractivity contribution in [3.63, 3.8) is 0 Å². The minimum atomic E-state index is -1.28. The second-order valence-electron chi connectivity index (χ2n) is 5.87. The highest BCUT2D eigenvalue weighted by Crippen LogP contribution is 2.38. The number of rotatable bonds is 8. The van der Waals surface area contributed by atoms with Crippen LogP contribution in [-0.4, -0.2) is 47.2 Å². The Morgan fingerprint density at radius 2 is 2.07 bits per heavy atom. The van der Waals surface area contributed by atoms with Gasteiger partial charge in [0.2, 0.25) is 0 Å². The summed E-state index contributed by atoms with van der Waals surface area (Å²) >= 11 is 6.32. The predicted molar refractivity (Wildman–Crippen MR) is 98.9 cm³/mol. The van der Waals surface area contributed by atoms with Gasteiger partial charge >= 0.3 is 12.0 Å². The predicted octanol–water partition coefficient (Wildman–Crippen LogP) is 2.89. The van der Waals surface area contributed by atoms with Gasteiger partial charge in [-0.15, -0.1) is 0 Å². The van der Waals surface area contributed by atoms with Crippen molar-refractivity contribution < 1.29 is 29.0 Å². The molecule has 1 fully saturated rings. The molecule has 2 N–H and O–H groups in total. The molecule has 27 heavy (non-hydrogen) atoms. The standard InChI is InChI=1S/C18H21ClN2O6/c1-4-10(3)27-16-12(19)6-11(8-14(16)26-5-2)7-13-17(24)21(9-15(22)23)18(25)20-13/h6-8,10H,4-5,9H2,1-3H3,(H,20,25)(H,22,23)/b13-7+/t10-/m0/s1. The highest BCUT2D eigenvalue weighted by Gasteiger charge is 2.35. The molecule has 0 unspecified atom stereocenters. The molecular weight excluding hydrogens is 376 g/mol. The van der Waals surface area contributed by atoms with Crippen molar-refractivity contribution in [3.8, 4) is 11.5 Å². The van der Waals surface area contributed by atoms with Crippen LogP contribution in [0.25, 0.3) is 6.08 Å². The maximum atomic E-state index is 12.2. The van der Waals surface area contributed by atoms with E-state index >= 15 is 0 Å². The number of nitrogens with one attached hydrogen (secondary N) is 1. The van der Waals surface area contributed by atoms with E-state index in [9.17, 15) is 14.4 Å². The minimum absolute atomic E-state index is 0.0460. The molecule has 9 heteroatoms. The molecule has 0 aromatic heterocycles. The van der Waals surface area contributed by atoms with E-state index in [1.807, 2.05) is 20.8 Å². The summed E-state index contributed by atoms with van der Waals surface area (Å²) in [5.41, 5.74) is 0.455. The topological polar surface area (TPSA) is 105 Å². The fourth-order valence-electron chi connectivity index (χ4n) is 2.35. The van der Waals surface area contributed by atoms with Crippen LogP contribution in [0.5, 0.6) is 11.5 Å². The van der Waals surface area contributed by atoms with Gasteiger partial charge < -0.3 is 19.9 Å². The van der Waals surface area contributed by atoms with Gasteiger partial charge in [-0.3, -0.25) is 9.59 Å². The van der Waals surface area contributed by atoms with Crippen LogP contribution in [0.1, 0.15) is 32.8 Å². The molecule has 0 saturated carbocycles. The highest BCUT2D eigenvalue weighted by atomic mass is 35.5. The monoisotopic (exact) mass is 396 g/mol. The summed E-state index contributed by atoms with van der Waals surface area (Å²) in [6, 6.07) is 2.43. The molecular formula is C18H21ClN2O6. The Kier molecular flexibility index (Phi) is 6.68. The molecule has 1 saturated heterocycles. The Balaban J connectivity index is 2.36. The molecule has 1 aliphatic rings. The zero-order chi connectivity index (χ0) is 20.1. The van der Waals surface area contributed by atoms with Crippen LogP contribution in [0.3, 0.4) is 0 Å². The second-order valence-corrected chi connectivity index (χ2v) is 6.28. The third-order valence-electron chi connectivity index (χ3n) is 3.79. The number of carboxylic acids is 1. The summed E-state index contributed by atoms with van der Waals surface area (Å²) in [6.07, 6.45) is 2.13. The number of hydrogen-bond acceptors (Lipinski definition) is 5. The van der Waals surface area contributed by atoms with E-state index in [2.05, 4.69) is 5.32 Å². The van der Waals surface area contributed by atoms with Crippen LogP contribution in [-0.2, 0) is 9.59 Å². The van der Waals surface area contributed by atoms with Crippen LogP contribution in [0, 0.1) is 0 Å². The number of aliphatic carboxylic acids is 1. The Hall–Kier alpha value is -2.74. The second kappa shape index (κ2) is 8.77. The van der Waals surface area contributed by atoms with Gasteiger partial charge in [0.15, 0.2) is 11.5 Å². The van der Waals surface area contributed by atoms with Crippen molar-refractivity contribution in [2.45, 2.75) is 33.3 Å². The van der Waals surface area contributed by atoms with E-state index in [0.29, 0.717) is 33.6 Å². The van der Waals surface area contributed by atoms with Crippen molar-refractivity contribution in [1.29, 1.82) is 0 Å². The molecule has 0 radical (unpaired) electrons. The van der Waals surface area contributed by atoms with Crippen LogP contribution < -0.4 is 14.8 Å². The Bertz CT molecular complexity index is 792. The number of carboxylic acid groups (broad SMARTS) is 1. The Morgan fingerprint density at radius 3 is 2.67 bits per heavy atom. The van der Waals surface area contributed by atoms with Crippen LogP contribution in [0.15, 0.2) is 17.8 Å². The molecule has 8 nitrogen and oxygen atoms in total. The number of amides is 3. The number of hydrogen-bond donors (Lipinski definition) is 2. The zero-order valence-corrected chi connectivity index (χ0v) is 16.0. The van der Waals surface area contributed by atoms with E-state index in [1.54, 1.807) is 12.1 Å². The summed E-state index contributed by atoms with van der Waals surface area (Å²) in [7, 11) is 0. The smallest absolute Gasteiger partial charge is 0.329 e. The van der Waals surface area contributed by atoms with E-state index in [4.69, 9.17) is 26.2 Å². The summed E-state index contributed by atoms with van der Waals surface area (Å²) in [4.78, 5) is 35.4. The van der Waals surface area contributed by atoms with E-state index < -0.39 is 24.5 Å². The summed E-state index contributed by atoms with van der Waals surface area (Å²) in [5.74, 6) is -1.19. The first-order chi connectivity index (χ1) is 12.8. The average Bonchev–Trinajstić information content (AvgIpc) is 2.85. The van der Waals surface area contributed by atoms with Gasteiger partial charge in [0.1, 0.15) is 12.2 Å². The Morgan fingerprint density at radius 1 is 1.37 bits per heavy atom. The number of carbonyl (C=O) groups excluding carboxylic acids is 2. The van der Waals surface area contributed by atoms with Gasteiger partial charge in [-0.25, -0.2) is 9.69 Å². The van der Waals surface area contributed by atoms with Crippen molar-refractivity contribution >= 4 is 35.6 Å². The largest absolute Gasteiger partial charge is 0.490 e. The highest BCUT2D eigenvalue weighted by molar-refractivity contribution is 6.32. The van der Waals surface area contributed by atoms with E-state index in [0.717, 1.165) is 6.42 Å². The van der Waals surface area contributed by atoms with Gasteiger partial charge in [-0.05, 0) is 44.0 Å². The lowest BCUT2D eigenvalue weighted by Gasteiger charge is -2.18. The maximum Gasteiger partial charge on any atom is 0.329 e. The van der Waals surface area contributed by atoms with Gasteiger partial charge in [0.25, 0.3) is 5.91 Å². The number of carbonyl (C=O) groups is 3. The molecule has 1 aliphatic heterocycles. The van der Waals surface area contributed by atoms with Crippen LogP contribution >= 0.6 is 11.6 Å². The number of ether oxygens (including phenoxy) is 2. The molecule has 1 aromatic carbocycles. The number of benzene rings is 1. The van der Waals surface area contributed by atoms with E-state index in [-0.39, 0.29) is 11.8 Å². The number of halogens is 1. The molecule has 3 amide bonds. The summed E-state index contributed by atoms with van der Waals surface area (Å²) < 4.78 is 11.4. The summed E-state index contributed by atoms with van der Waals surface area (Å²) in [6.45, 7) is 5.38. The van der Waals surface area contributed by atoms with E-state index in [1.165, 1.54) is 6.08 Å². The first-order valence-electron chi connectivity index (χ1n) is 8.46. The third kappa shape index (κ3) is 4.91. The van der Waals surface area contributed by atoms with Crippen molar-refractivity contribution in [3.05, 3.63) is 28.4 Å².